The van der Waals surface area contributed by atoms with E-state index in [0.717, 1.165) is 27.7 Å². The number of anilines is 2. The first-order valence-corrected chi connectivity index (χ1v) is 7.62. The number of hydrogen-bond acceptors (Lipinski definition) is 2. The molecule has 1 aromatic heterocycles. The van der Waals surface area contributed by atoms with Gasteiger partial charge in [0, 0.05) is 44.1 Å². The molecule has 0 fully saturated rings. The number of rotatable bonds is 2. The minimum absolute atomic E-state index is 0. The predicted molar refractivity (Wildman–Crippen MR) is 96.6 cm³/mol. The number of carbonyl (C=O) groups is 1. The Morgan fingerprint density at radius 3 is 2.32 bits per heavy atom. The third-order valence-electron chi connectivity index (χ3n) is 4.00. The van der Waals surface area contributed by atoms with Gasteiger partial charge in [-0.3, -0.25) is 0 Å². The third-order valence-corrected chi connectivity index (χ3v) is 4.00. The van der Waals surface area contributed by atoms with Gasteiger partial charge in [-0.05, 0) is 37.5 Å². The molecule has 2 aromatic carbocycles. The van der Waals surface area contributed by atoms with Crippen LogP contribution in [0.1, 0.15) is 11.1 Å². The van der Waals surface area contributed by atoms with E-state index in [1.807, 2.05) is 56.3 Å². The molecule has 1 radical (unpaired) electrons. The van der Waals surface area contributed by atoms with Crippen LogP contribution in [0.2, 0.25) is 0 Å². The number of fused-ring (bicyclic) bond motifs is 1. The molecule has 3 aromatic rings. The van der Waals surface area contributed by atoms with E-state index in [1.165, 1.54) is 4.57 Å². The summed E-state index contributed by atoms with van der Waals surface area (Å²) in [7, 11) is 1.67. The van der Waals surface area contributed by atoms with Crippen LogP contribution >= 0.6 is 0 Å². The van der Waals surface area contributed by atoms with Crippen molar-refractivity contribution in [3.05, 3.63) is 70.0 Å². The van der Waals surface area contributed by atoms with E-state index in [9.17, 15) is 9.59 Å². The van der Waals surface area contributed by atoms with Gasteiger partial charge in [0.15, 0.2) is 5.56 Å². The second kappa shape index (κ2) is 7.94. The van der Waals surface area contributed by atoms with Crippen LogP contribution in [0.15, 0.2) is 47.3 Å². The molecule has 0 saturated carbocycles. The van der Waals surface area contributed by atoms with Gasteiger partial charge in [0.25, 0.3) is 0 Å². The largest absolute Gasteiger partial charge is 0.390 e. The van der Waals surface area contributed by atoms with Gasteiger partial charge in [-0.2, -0.15) is 0 Å². The van der Waals surface area contributed by atoms with E-state index in [0.29, 0.717) is 0 Å². The molecule has 2 N–H and O–H groups in total. The number of carbonyl (C=O) groups excluding carboxylic acids is 1. The number of nitrogens with zero attached hydrogens (tertiary/aromatic N) is 1. The second-order valence-electron chi connectivity index (χ2n) is 5.73. The molecule has 25 heavy (non-hydrogen) atoms. The molecule has 3 rings (SSSR count). The van der Waals surface area contributed by atoms with E-state index < -0.39 is 6.03 Å². The number of hydrogen-bond donors (Lipinski definition) is 2. The molecular weight excluding hydrogens is 391 g/mol. The smallest absolute Gasteiger partial charge is 0.322 e. The number of aromatic nitrogens is 1. The molecule has 2 amide bonds. The monoisotopic (exact) mass is 409 g/mol. The van der Waals surface area contributed by atoms with Crippen molar-refractivity contribution in [2.45, 2.75) is 13.8 Å². The Labute approximate surface area is 171 Å². The van der Waals surface area contributed by atoms with Crippen molar-refractivity contribution in [1.82, 2.24) is 4.57 Å². The standard InChI is InChI=1S/C19H18N3O2.Y/c1-12-7-6-8-13(2)17(12)21-19(24)20-15-11-14-9-4-5-10-16(14)22(3)18(15)23;/h4-10H,1-3H3,(H2,20,21,24);/q-1;. The Morgan fingerprint density at radius 1 is 1.00 bits per heavy atom. The van der Waals surface area contributed by atoms with Gasteiger partial charge in [0.05, 0.1) is 0 Å². The van der Waals surface area contributed by atoms with Crippen molar-refractivity contribution in [3.63, 3.8) is 0 Å². The predicted octanol–water partition coefficient (Wildman–Crippen LogP) is 3.60. The minimum atomic E-state index is -0.462. The van der Waals surface area contributed by atoms with Crippen molar-refractivity contribution in [2.24, 2.45) is 7.05 Å². The normalized spacial score (nSPS) is 10.2. The minimum Gasteiger partial charge on any atom is -0.390 e. The van der Waals surface area contributed by atoms with Gasteiger partial charge in [0.2, 0.25) is 0 Å². The molecule has 0 saturated heterocycles. The second-order valence-corrected chi connectivity index (χ2v) is 5.73. The molecule has 0 aliphatic rings. The van der Waals surface area contributed by atoms with Crippen LogP contribution in [-0.2, 0) is 39.8 Å². The topological polar surface area (TPSA) is 63.1 Å². The van der Waals surface area contributed by atoms with Crippen LogP contribution in [0, 0.1) is 19.9 Å². The molecule has 6 heteroatoms. The molecule has 0 aliphatic heterocycles. The van der Waals surface area contributed by atoms with Gasteiger partial charge in [-0.15, -0.1) is 23.6 Å². The molecule has 5 nitrogen and oxygen atoms in total. The molecule has 1 heterocycles. The maximum Gasteiger partial charge on any atom is 0.322 e. The Kier molecular flexibility index (Phi) is 6.14. The Morgan fingerprint density at radius 2 is 1.64 bits per heavy atom. The van der Waals surface area contributed by atoms with Crippen LogP contribution in [0.4, 0.5) is 16.2 Å². The van der Waals surface area contributed by atoms with Crippen molar-refractivity contribution >= 4 is 28.3 Å². The van der Waals surface area contributed by atoms with Crippen molar-refractivity contribution in [2.75, 3.05) is 10.6 Å². The number of urea groups is 1. The summed E-state index contributed by atoms with van der Waals surface area (Å²) in [5.41, 5.74) is 3.25. The SMILES string of the molecule is Cc1cccc(C)c1NC(=O)Nc1[c-]c2ccccc2n(C)c1=O.[Y]. The average molecular weight is 409 g/mol. The zero-order valence-corrected chi connectivity index (χ0v) is 17.2. The zero-order chi connectivity index (χ0) is 17.3. The first kappa shape index (κ1) is 19.3. The van der Waals surface area contributed by atoms with Crippen LogP contribution in [0.3, 0.4) is 0 Å². The first-order valence-electron chi connectivity index (χ1n) is 7.62. The molecule has 0 bridgehead atoms. The number of pyridine rings is 1. The van der Waals surface area contributed by atoms with Crippen molar-refractivity contribution in [1.29, 1.82) is 0 Å². The van der Waals surface area contributed by atoms with Gasteiger partial charge in [-0.1, -0.05) is 30.3 Å². The summed E-state index contributed by atoms with van der Waals surface area (Å²) in [6.07, 6.45) is 0. The number of benzene rings is 2. The van der Waals surface area contributed by atoms with Gasteiger partial charge in [0.1, 0.15) is 0 Å². The summed E-state index contributed by atoms with van der Waals surface area (Å²) in [4.78, 5) is 24.7. The summed E-state index contributed by atoms with van der Waals surface area (Å²) >= 11 is 0. The van der Waals surface area contributed by atoms with E-state index in [2.05, 4.69) is 16.7 Å². The summed E-state index contributed by atoms with van der Waals surface area (Å²) in [6.45, 7) is 3.84. The van der Waals surface area contributed by atoms with E-state index >= 15 is 0 Å². The van der Waals surface area contributed by atoms with E-state index in [-0.39, 0.29) is 44.0 Å². The fraction of sp³-hybridized carbons (Fsp3) is 0.158. The first-order chi connectivity index (χ1) is 11.5. The summed E-state index contributed by atoms with van der Waals surface area (Å²) in [6, 6.07) is 15.7. The Bertz CT molecular complexity index is 975. The zero-order valence-electron chi connectivity index (χ0n) is 14.4. The number of nitrogens with one attached hydrogen (secondary N) is 2. The maximum absolute atomic E-state index is 12.4. The Balaban J connectivity index is 0.00000225. The van der Waals surface area contributed by atoms with Gasteiger partial charge < -0.3 is 20.0 Å². The molecule has 0 atom stereocenters. The number of amides is 2. The summed E-state index contributed by atoms with van der Waals surface area (Å²) in [5, 5.41) is 6.18. The maximum atomic E-state index is 12.4. The average Bonchev–Trinajstić information content (AvgIpc) is 2.56. The van der Waals surface area contributed by atoms with Gasteiger partial charge in [-0.25, -0.2) is 4.79 Å². The van der Waals surface area contributed by atoms with E-state index in [4.69, 9.17) is 0 Å². The van der Waals surface area contributed by atoms with E-state index in [1.54, 1.807) is 7.05 Å². The molecule has 0 unspecified atom stereocenters. The van der Waals surface area contributed by atoms with Crippen LogP contribution in [-0.4, -0.2) is 10.6 Å². The fourth-order valence-corrected chi connectivity index (χ4v) is 2.69. The van der Waals surface area contributed by atoms with Crippen LogP contribution in [0.5, 0.6) is 0 Å². The third kappa shape index (κ3) is 3.99. The molecular formula is C19H18N3O2Y-. The Hall–Kier alpha value is -1.98. The number of aryl methyl sites for hydroxylation is 3. The molecule has 0 aliphatic carbocycles. The quantitative estimate of drug-likeness (QED) is 0.636. The number of para-hydroxylation sites is 2. The van der Waals surface area contributed by atoms with Crippen molar-refractivity contribution in [3.8, 4) is 0 Å². The summed E-state index contributed by atoms with van der Waals surface area (Å²) < 4.78 is 1.50. The summed E-state index contributed by atoms with van der Waals surface area (Å²) in [5.74, 6) is 0. The van der Waals surface area contributed by atoms with Crippen molar-refractivity contribution < 1.29 is 37.5 Å². The van der Waals surface area contributed by atoms with Gasteiger partial charge >= 0.3 is 6.03 Å². The fourth-order valence-electron chi connectivity index (χ4n) is 2.69. The van der Waals surface area contributed by atoms with Crippen LogP contribution < -0.4 is 16.2 Å². The molecule has 125 valence electrons. The van der Waals surface area contributed by atoms with Crippen LogP contribution in [0.25, 0.3) is 10.9 Å². The molecule has 0 spiro atoms.